The van der Waals surface area contributed by atoms with Crippen molar-refractivity contribution in [1.82, 2.24) is 15.2 Å². The first-order valence-electron chi connectivity index (χ1n) is 9.56. The largest absolute Gasteiger partial charge is 0.495 e. The molecule has 0 atom stereocenters. The number of ether oxygens (including phenoxy) is 1. The van der Waals surface area contributed by atoms with Crippen LogP contribution in [0.5, 0.6) is 5.75 Å². The Balaban J connectivity index is 1.51. The lowest BCUT2D eigenvalue weighted by molar-refractivity contribution is 0.0608. The van der Waals surface area contributed by atoms with Gasteiger partial charge in [0.05, 0.1) is 18.4 Å². The molecule has 142 valence electrons. The molecule has 27 heavy (non-hydrogen) atoms. The second kappa shape index (κ2) is 7.56. The second-order valence-electron chi connectivity index (χ2n) is 7.44. The Hall–Kier alpha value is -2.60. The molecule has 1 spiro atoms. The first kappa shape index (κ1) is 17.8. The van der Waals surface area contributed by atoms with E-state index in [9.17, 15) is 4.79 Å². The summed E-state index contributed by atoms with van der Waals surface area (Å²) in [4.78, 5) is 19.5. The van der Waals surface area contributed by atoms with Crippen LogP contribution >= 0.6 is 0 Å². The molecule has 2 N–H and O–H groups in total. The van der Waals surface area contributed by atoms with E-state index in [-0.39, 0.29) is 5.91 Å². The molecule has 1 aromatic heterocycles. The molecule has 0 saturated carbocycles. The van der Waals surface area contributed by atoms with Gasteiger partial charge in [0.25, 0.3) is 5.91 Å². The van der Waals surface area contributed by atoms with E-state index in [0.29, 0.717) is 16.8 Å². The van der Waals surface area contributed by atoms with Crippen LogP contribution in [-0.2, 0) is 0 Å². The SMILES string of the molecule is COc1ccccc1Nc1ncccc1C(=O)N1CCC2(CCNC2)CC1. The fraction of sp³-hybridized carbons (Fsp3) is 0.429. The summed E-state index contributed by atoms with van der Waals surface area (Å²) in [6, 6.07) is 11.3. The van der Waals surface area contributed by atoms with E-state index >= 15 is 0 Å². The number of hydrogen-bond donors (Lipinski definition) is 2. The summed E-state index contributed by atoms with van der Waals surface area (Å²) < 4.78 is 5.40. The first-order chi connectivity index (χ1) is 13.2. The summed E-state index contributed by atoms with van der Waals surface area (Å²) in [6.07, 6.45) is 5.06. The van der Waals surface area contributed by atoms with Crippen LogP contribution < -0.4 is 15.4 Å². The molecule has 2 aliphatic heterocycles. The normalized spacial score (nSPS) is 18.5. The number of amides is 1. The predicted octanol–water partition coefficient (Wildman–Crippen LogP) is 3.05. The summed E-state index contributed by atoms with van der Waals surface area (Å²) in [6.45, 7) is 3.80. The summed E-state index contributed by atoms with van der Waals surface area (Å²) in [5.74, 6) is 1.33. The van der Waals surface area contributed by atoms with Gasteiger partial charge in [-0.25, -0.2) is 4.98 Å². The molecule has 2 saturated heterocycles. The quantitative estimate of drug-likeness (QED) is 0.871. The molecule has 0 bridgehead atoms. The summed E-state index contributed by atoms with van der Waals surface area (Å²) in [7, 11) is 1.63. The van der Waals surface area contributed by atoms with Crippen LogP contribution in [0.1, 0.15) is 29.6 Å². The Morgan fingerprint density at radius 1 is 1.19 bits per heavy atom. The second-order valence-corrected chi connectivity index (χ2v) is 7.44. The average molecular weight is 366 g/mol. The number of rotatable bonds is 4. The number of nitrogens with zero attached hydrogens (tertiary/aromatic N) is 2. The maximum Gasteiger partial charge on any atom is 0.257 e. The van der Waals surface area contributed by atoms with E-state index in [2.05, 4.69) is 15.6 Å². The van der Waals surface area contributed by atoms with E-state index in [4.69, 9.17) is 4.74 Å². The number of methoxy groups -OCH3 is 1. The highest BCUT2D eigenvalue weighted by Crippen LogP contribution is 2.37. The van der Waals surface area contributed by atoms with Crippen molar-refractivity contribution in [3.63, 3.8) is 0 Å². The highest BCUT2D eigenvalue weighted by molar-refractivity contribution is 5.99. The molecule has 6 heteroatoms. The zero-order chi connectivity index (χ0) is 18.7. The van der Waals surface area contributed by atoms with Gasteiger partial charge in [0.15, 0.2) is 0 Å². The van der Waals surface area contributed by atoms with Gasteiger partial charge in [-0.2, -0.15) is 0 Å². The summed E-state index contributed by atoms with van der Waals surface area (Å²) in [5.41, 5.74) is 1.79. The smallest absolute Gasteiger partial charge is 0.257 e. The molecule has 1 aromatic carbocycles. The number of hydrogen-bond acceptors (Lipinski definition) is 5. The van der Waals surface area contributed by atoms with Crippen molar-refractivity contribution < 1.29 is 9.53 Å². The molecule has 6 nitrogen and oxygen atoms in total. The van der Waals surface area contributed by atoms with Crippen LogP contribution in [0.2, 0.25) is 0 Å². The van der Waals surface area contributed by atoms with Crippen LogP contribution in [0, 0.1) is 5.41 Å². The van der Waals surface area contributed by atoms with Gasteiger partial charge in [0.1, 0.15) is 11.6 Å². The Kier molecular flexibility index (Phi) is 4.99. The Morgan fingerprint density at radius 3 is 2.74 bits per heavy atom. The van der Waals surface area contributed by atoms with Crippen LogP contribution in [-0.4, -0.2) is 49.1 Å². The van der Waals surface area contributed by atoms with E-state index < -0.39 is 0 Å². The monoisotopic (exact) mass is 366 g/mol. The predicted molar refractivity (Wildman–Crippen MR) is 106 cm³/mol. The molecule has 2 fully saturated rings. The van der Waals surface area contributed by atoms with E-state index in [1.807, 2.05) is 41.3 Å². The molecule has 2 aromatic rings. The number of aromatic nitrogens is 1. The third-order valence-electron chi connectivity index (χ3n) is 5.84. The molecule has 0 radical (unpaired) electrons. The molecule has 4 rings (SSSR count). The summed E-state index contributed by atoms with van der Waals surface area (Å²) >= 11 is 0. The van der Waals surface area contributed by atoms with Gasteiger partial charge in [-0.05, 0) is 55.5 Å². The number of para-hydroxylation sites is 2. The summed E-state index contributed by atoms with van der Waals surface area (Å²) in [5, 5.41) is 6.74. The molecule has 3 heterocycles. The van der Waals surface area contributed by atoms with Gasteiger partial charge in [-0.1, -0.05) is 12.1 Å². The lowest BCUT2D eigenvalue weighted by atomic mass is 9.78. The zero-order valence-corrected chi connectivity index (χ0v) is 15.7. The first-order valence-corrected chi connectivity index (χ1v) is 9.56. The van der Waals surface area contributed by atoms with Gasteiger partial charge < -0.3 is 20.3 Å². The molecular weight excluding hydrogens is 340 g/mol. The maximum absolute atomic E-state index is 13.2. The van der Waals surface area contributed by atoms with Gasteiger partial charge >= 0.3 is 0 Å². The minimum absolute atomic E-state index is 0.0429. The van der Waals surface area contributed by atoms with Crippen LogP contribution in [0.25, 0.3) is 0 Å². The van der Waals surface area contributed by atoms with Gasteiger partial charge in [-0.15, -0.1) is 0 Å². The van der Waals surface area contributed by atoms with Crippen molar-refractivity contribution in [2.45, 2.75) is 19.3 Å². The molecular formula is C21H26N4O2. The lowest BCUT2D eigenvalue weighted by Crippen LogP contribution is -2.44. The molecule has 2 aliphatic rings. The topological polar surface area (TPSA) is 66.5 Å². The number of carbonyl (C=O) groups excluding carboxylic acids is 1. The number of anilines is 2. The fourth-order valence-electron chi connectivity index (χ4n) is 4.13. The Labute approximate surface area is 159 Å². The van der Waals surface area contributed by atoms with E-state index in [1.54, 1.807) is 13.3 Å². The van der Waals surface area contributed by atoms with Crippen molar-refractivity contribution in [3.8, 4) is 5.75 Å². The van der Waals surface area contributed by atoms with Crippen molar-refractivity contribution >= 4 is 17.4 Å². The lowest BCUT2D eigenvalue weighted by Gasteiger charge is -2.39. The number of pyridine rings is 1. The van der Waals surface area contributed by atoms with Crippen molar-refractivity contribution in [2.24, 2.45) is 5.41 Å². The third-order valence-corrected chi connectivity index (χ3v) is 5.84. The number of benzene rings is 1. The maximum atomic E-state index is 13.2. The number of carbonyl (C=O) groups is 1. The van der Waals surface area contributed by atoms with Crippen molar-refractivity contribution in [3.05, 3.63) is 48.2 Å². The van der Waals surface area contributed by atoms with Crippen molar-refractivity contribution in [2.75, 3.05) is 38.6 Å². The van der Waals surface area contributed by atoms with Crippen LogP contribution in [0.4, 0.5) is 11.5 Å². The number of nitrogens with one attached hydrogen (secondary N) is 2. The highest BCUT2D eigenvalue weighted by atomic mass is 16.5. The van der Waals surface area contributed by atoms with E-state index in [1.165, 1.54) is 6.42 Å². The molecule has 1 amide bonds. The van der Waals surface area contributed by atoms with Crippen LogP contribution in [0.3, 0.4) is 0 Å². The van der Waals surface area contributed by atoms with Gasteiger partial charge in [0.2, 0.25) is 0 Å². The standard InChI is InChI=1S/C21H26N4O2/c1-27-18-7-3-2-6-17(18)24-19-16(5-4-11-23-19)20(26)25-13-9-21(10-14-25)8-12-22-15-21/h2-7,11,22H,8-10,12-15H2,1H3,(H,23,24). The molecule has 0 unspecified atom stereocenters. The average Bonchev–Trinajstić information content (AvgIpc) is 3.17. The minimum Gasteiger partial charge on any atom is -0.495 e. The number of piperidine rings is 1. The zero-order valence-electron chi connectivity index (χ0n) is 15.7. The van der Waals surface area contributed by atoms with Crippen molar-refractivity contribution in [1.29, 1.82) is 0 Å². The highest BCUT2D eigenvalue weighted by Gasteiger charge is 2.38. The van der Waals surface area contributed by atoms with Gasteiger partial charge in [-0.3, -0.25) is 4.79 Å². The Morgan fingerprint density at radius 2 is 2.00 bits per heavy atom. The molecule has 0 aliphatic carbocycles. The Bertz CT molecular complexity index is 807. The van der Waals surface area contributed by atoms with E-state index in [0.717, 1.165) is 50.5 Å². The van der Waals surface area contributed by atoms with Gasteiger partial charge in [0, 0.05) is 25.8 Å². The minimum atomic E-state index is 0.0429. The fourth-order valence-corrected chi connectivity index (χ4v) is 4.13. The third kappa shape index (κ3) is 3.62. The number of likely N-dealkylation sites (tertiary alicyclic amines) is 1. The van der Waals surface area contributed by atoms with Crippen LogP contribution in [0.15, 0.2) is 42.6 Å².